The zero-order valence-corrected chi connectivity index (χ0v) is 12.5. The highest BCUT2D eigenvalue weighted by Crippen LogP contribution is 2.25. The third-order valence-electron chi connectivity index (χ3n) is 2.63. The van der Waals surface area contributed by atoms with Gasteiger partial charge in [0, 0.05) is 23.9 Å². The molecule has 0 fully saturated rings. The van der Waals surface area contributed by atoms with E-state index in [0.29, 0.717) is 13.1 Å². The fraction of sp³-hybridized carbons (Fsp3) is 0.692. The van der Waals surface area contributed by atoms with Gasteiger partial charge in [0.05, 0.1) is 16.6 Å². The highest BCUT2D eigenvalue weighted by Gasteiger charge is 2.19. The van der Waals surface area contributed by atoms with Gasteiger partial charge in [-0.2, -0.15) is 0 Å². The van der Waals surface area contributed by atoms with Crippen LogP contribution in [0.3, 0.4) is 0 Å². The lowest BCUT2D eigenvalue weighted by atomic mass is 9.98. The molecule has 0 aliphatic carbocycles. The molecule has 0 spiro atoms. The van der Waals surface area contributed by atoms with Crippen molar-refractivity contribution in [3.8, 4) is 0 Å². The lowest BCUT2D eigenvalue weighted by Crippen LogP contribution is -2.28. The number of thiazole rings is 1. The van der Waals surface area contributed by atoms with Gasteiger partial charge in [0.1, 0.15) is 0 Å². The zero-order chi connectivity index (χ0) is 13.9. The molecule has 0 radical (unpaired) electrons. The van der Waals surface area contributed by atoms with Crippen LogP contribution in [0, 0.1) is 5.92 Å². The summed E-state index contributed by atoms with van der Waals surface area (Å²) in [7, 11) is 1.93. The van der Waals surface area contributed by atoms with Crippen LogP contribution in [0.4, 0.5) is 0 Å². The highest BCUT2D eigenvalue weighted by molar-refractivity contribution is 7.09. The SMILES string of the molecule is CC(CN(C)Cc1csc(C(C)(C)C)n1)C(=O)O. The maximum Gasteiger partial charge on any atom is 0.307 e. The molecule has 4 nitrogen and oxygen atoms in total. The molecular formula is C13H22N2O2S. The summed E-state index contributed by atoms with van der Waals surface area (Å²) < 4.78 is 0. The molecule has 1 unspecified atom stereocenters. The Hall–Kier alpha value is -0.940. The molecule has 18 heavy (non-hydrogen) atoms. The van der Waals surface area contributed by atoms with Crippen molar-refractivity contribution >= 4 is 17.3 Å². The second-order valence-corrected chi connectivity index (χ2v) is 6.69. The average Bonchev–Trinajstić information content (AvgIpc) is 2.64. The van der Waals surface area contributed by atoms with Crippen LogP contribution in [0.25, 0.3) is 0 Å². The molecular weight excluding hydrogens is 248 g/mol. The molecule has 0 saturated heterocycles. The van der Waals surface area contributed by atoms with E-state index in [1.807, 2.05) is 11.9 Å². The van der Waals surface area contributed by atoms with Gasteiger partial charge in [-0.1, -0.05) is 27.7 Å². The molecule has 1 atom stereocenters. The molecule has 1 rings (SSSR count). The second-order valence-electron chi connectivity index (χ2n) is 5.83. The van der Waals surface area contributed by atoms with Gasteiger partial charge in [-0.15, -0.1) is 11.3 Å². The zero-order valence-electron chi connectivity index (χ0n) is 11.7. The first-order valence-corrected chi connectivity index (χ1v) is 6.94. The van der Waals surface area contributed by atoms with E-state index in [2.05, 4.69) is 31.1 Å². The molecule has 0 aromatic carbocycles. The Morgan fingerprint density at radius 1 is 1.56 bits per heavy atom. The standard InChI is InChI=1S/C13H22N2O2S/c1-9(11(16)17)6-15(5)7-10-8-18-12(14-10)13(2,3)4/h8-9H,6-7H2,1-5H3,(H,16,17). The topological polar surface area (TPSA) is 53.4 Å². The van der Waals surface area contributed by atoms with Gasteiger partial charge < -0.3 is 5.11 Å². The quantitative estimate of drug-likeness (QED) is 0.893. The number of hydrogen-bond donors (Lipinski definition) is 1. The monoisotopic (exact) mass is 270 g/mol. The summed E-state index contributed by atoms with van der Waals surface area (Å²) in [6.45, 7) is 9.39. The van der Waals surface area contributed by atoms with Crippen molar-refractivity contribution in [3.05, 3.63) is 16.1 Å². The van der Waals surface area contributed by atoms with Crippen LogP contribution in [0.15, 0.2) is 5.38 Å². The van der Waals surface area contributed by atoms with E-state index in [1.54, 1.807) is 18.3 Å². The van der Waals surface area contributed by atoms with Crippen LogP contribution in [0.2, 0.25) is 0 Å². The summed E-state index contributed by atoms with van der Waals surface area (Å²) in [4.78, 5) is 17.4. The van der Waals surface area contributed by atoms with Gasteiger partial charge in [0.2, 0.25) is 0 Å². The smallest absolute Gasteiger partial charge is 0.307 e. The van der Waals surface area contributed by atoms with Crippen molar-refractivity contribution in [2.45, 2.75) is 39.7 Å². The summed E-state index contributed by atoms with van der Waals surface area (Å²) in [6.07, 6.45) is 0. The summed E-state index contributed by atoms with van der Waals surface area (Å²) in [5.41, 5.74) is 1.10. The number of carboxylic acid groups (broad SMARTS) is 1. The van der Waals surface area contributed by atoms with E-state index in [1.165, 1.54) is 0 Å². The molecule has 1 aromatic heterocycles. The molecule has 1 aromatic rings. The number of carbonyl (C=O) groups is 1. The lowest BCUT2D eigenvalue weighted by molar-refractivity contribution is -0.141. The largest absolute Gasteiger partial charge is 0.481 e. The number of aliphatic carboxylic acids is 1. The minimum absolute atomic E-state index is 0.0792. The van der Waals surface area contributed by atoms with Crippen molar-refractivity contribution < 1.29 is 9.90 Å². The molecule has 0 aliphatic heterocycles. The second kappa shape index (κ2) is 5.80. The van der Waals surface area contributed by atoms with Gasteiger partial charge >= 0.3 is 5.97 Å². The Morgan fingerprint density at radius 3 is 2.61 bits per heavy atom. The van der Waals surface area contributed by atoms with Gasteiger partial charge in [0.25, 0.3) is 0 Å². The van der Waals surface area contributed by atoms with Crippen LogP contribution in [0.5, 0.6) is 0 Å². The first-order chi connectivity index (χ1) is 8.20. The maximum absolute atomic E-state index is 10.8. The normalized spacial score (nSPS) is 13.9. The van der Waals surface area contributed by atoms with Crippen molar-refractivity contribution in [1.29, 1.82) is 0 Å². The molecule has 0 saturated carbocycles. The Morgan fingerprint density at radius 2 is 2.17 bits per heavy atom. The van der Waals surface area contributed by atoms with Gasteiger partial charge in [0.15, 0.2) is 0 Å². The molecule has 1 N–H and O–H groups in total. The molecule has 5 heteroatoms. The van der Waals surface area contributed by atoms with Crippen molar-refractivity contribution in [2.24, 2.45) is 5.92 Å². The number of nitrogens with zero attached hydrogens (tertiary/aromatic N) is 2. The average molecular weight is 270 g/mol. The molecule has 0 aliphatic rings. The molecule has 102 valence electrons. The fourth-order valence-electron chi connectivity index (χ4n) is 1.61. The van der Waals surface area contributed by atoms with Crippen LogP contribution in [-0.2, 0) is 16.8 Å². The van der Waals surface area contributed by atoms with E-state index in [0.717, 1.165) is 10.7 Å². The van der Waals surface area contributed by atoms with Gasteiger partial charge in [-0.05, 0) is 7.05 Å². The van der Waals surface area contributed by atoms with E-state index in [4.69, 9.17) is 5.11 Å². The van der Waals surface area contributed by atoms with Gasteiger partial charge in [-0.25, -0.2) is 4.98 Å². The third-order valence-corrected chi connectivity index (χ3v) is 3.95. The Kier molecular flexibility index (Phi) is 4.87. The van der Waals surface area contributed by atoms with E-state index in [-0.39, 0.29) is 11.3 Å². The van der Waals surface area contributed by atoms with E-state index in [9.17, 15) is 4.79 Å². The molecule has 0 amide bonds. The number of carboxylic acids is 1. The predicted octanol–water partition coefficient (Wildman–Crippen LogP) is 2.59. The van der Waals surface area contributed by atoms with Crippen molar-refractivity contribution in [3.63, 3.8) is 0 Å². The number of rotatable bonds is 5. The maximum atomic E-state index is 10.8. The summed E-state index contributed by atoms with van der Waals surface area (Å²) in [6, 6.07) is 0. The Labute approximate surface area is 113 Å². The van der Waals surface area contributed by atoms with Gasteiger partial charge in [-0.3, -0.25) is 9.69 Å². The van der Waals surface area contributed by atoms with E-state index >= 15 is 0 Å². The highest BCUT2D eigenvalue weighted by atomic mass is 32.1. The van der Waals surface area contributed by atoms with Crippen molar-refractivity contribution in [2.75, 3.05) is 13.6 Å². The Bertz CT molecular complexity index is 409. The van der Waals surface area contributed by atoms with Crippen LogP contribution >= 0.6 is 11.3 Å². The summed E-state index contributed by atoms with van der Waals surface area (Å²) >= 11 is 1.67. The minimum atomic E-state index is -0.754. The fourth-order valence-corrected chi connectivity index (χ4v) is 2.51. The first kappa shape index (κ1) is 15.1. The number of aromatic nitrogens is 1. The van der Waals surface area contributed by atoms with Crippen molar-refractivity contribution in [1.82, 2.24) is 9.88 Å². The Balaban J connectivity index is 2.57. The number of hydrogen-bond acceptors (Lipinski definition) is 4. The predicted molar refractivity (Wildman–Crippen MR) is 73.9 cm³/mol. The van der Waals surface area contributed by atoms with Crippen LogP contribution < -0.4 is 0 Å². The summed E-state index contributed by atoms with van der Waals surface area (Å²) in [5, 5.41) is 12.0. The minimum Gasteiger partial charge on any atom is -0.481 e. The third kappa shape index (κ3) is 4.38. The molecule has 1 heterocycles. The van der Waals surface area contributed by atoms with Crippen LogP contribution in [-0.4, -0.2) is 34.6 Å². The molecule has 0 bridgehead atoms. The van der Waals surface area contributed by atoms with Crippen LogP contribution in [0.1, 0.15) is 38.4 Å². The summed E-state index contributed by atoms with van der Waals surface area (Å²) in [5.74, 6) is -1.11. The first-order valence-electron chi connectivity index (χ1n) is 6.06. The lowest BCUT2D eigenvalue weighted by Gasteiger charge is -2.18. The van der Waals surface area contributed by atoms with E-state index < -0.39 is 5.97 Å².